The third-order valence-corrected chi connectivity index (χ3v) is 4.88. The first-order valence-corrected chi connectivity index (χ1v) is 8.66. The number of aryl methyl sites for hydroxylation is 1. The van der Waals surface area contributed by atoms with Crippen LogP contribution in [-0.2, 0) is 12.8 Å². The molecule has 28 heavy (non-hydrogen) atoms. The first-order chi connectivity index (χ1) is 13.5. The number of aromatic hydroxyl groups is 1. The summed E-state index contributed by atoms with van der Waals surface area (Å²) < 4.78 is 0. The zero-order chi connectivity index (χ0) is 19.8. The highest BCUT2D eigenvalue weighted by Gasteiger charge is 2.27. The summed E-state index contributed by atoms with van der Waals surface area (Å²) in [4.78, 5) is 24.5. The number of azo groups is 1. The zero-order valence-electron chi connectivity index (χ0n) is 14.6. The molecule has 0 unspecified atom stereocenters. The van der Waals surface area contributed by atoms with Crippen molar-refractivity contribution in [3.8, 4) is 5.88 Å². The molecule has 1 aliphatic rings. The molecule has 0 saturated carbocycles. The lowest BCUT2D eigenvalue weighted by atomic mass is 9.88. The Bertz CT molecular complexity index is 1150. The van der Waals surface area contributed by atoms with Crippen molar-refractivity contribution in [2.45, 2.75) is 25.7 Å². The van der Waals surface area contributed by atoms with Crippen LogP contribution in [0.2, 0.25) is 0 Å². The minimum atomic E-state index is -0.579. The van der Waals surface area contributed by atoms with Crippen molar-refractivity contribution in [1.29, 1.82) is 0 Å². The lowest BCUT2D eigenvalue weighted by Gasteiger charge is -2.16. The van der Waals surface area contributed by atoms with Gasteiger partial charge in [-0.2, -0.15) is 0 Å². The molecule has 0 fully saturated rings. The average Bonchev–Trinajstić information content (AvgIpc) is 3.01. The van der Waals surface area contributed by atoms with Gasteiger partial charge < -0.3 is 10.1 Å². The largest absolute Gasteiger partial charge is 0.493 e. The highest BCUT2D eigenvalue weighted by atomic mass is 16.6. The molecule has 0 bridgehead atoms. The second-order valence-corrected chi connectivity index (χ2v) is 6.51. The minimum absolute atomic E-state index is 0.0108. The first-order valence-electron chi connectivity index (χ1n) is 8.66. The summed E-state index contributed by atoms with van der Waals surface area (Å²) in [6.45, 7) is 0. The maximum absolute atomic E-state index is 11.5. The maximum atomic E-state index is 11.5. The number of rotatable bonds is 4. The fourth-order valence-electron chi connectivity index (χ4n) is 3.63. The normalized spacial score (nSPS) is 13.7. The fourth-order valence-corrected chi connectivity index (χ4v) is 3.63. The number of nitro groups is 2. The van der Waals surface area contributed by atoms with E-state index in [1.54, 1.807) is 6.07 Å². The number of hydrogen-bond donors (Lipinski definition) is 2. The van der Waals surface area contributed by atoms with Crippen molar-refractivity contribution in [3.63, 3.8) is 0 Å². The van der Waals surface area contributed by atoms with Gasteiger partial charge in [0.1, 0.15) is 0 Å². The van der Waals surface area contributed by atoms with Crippen LogP contribution in [0.15, 0.2) is 40.6 Å². The zero-order valence-corrected chi connectivity index (χ0v) is 14.6. The second kappa shape index (κ2) is 6.72. The molecule has 0 atom stereocenters. The van der Waals surface area contributed by atoms with E-state index >= 15 is 0 Å². The summed E-state index contributed by atoms with van der Waals surface area (Å²) in [6.07, 6.45) is 3.04. The van der Waals surface area contributed by atoms with Gasteiger partial charge in [-0.25, -0.2) is 0 Å². The summed E-state index contributed by atoms with van der Waals surface area (Å²) in [5, 5.41) is 41.2. The summed E-state index contributed by atoms with van der Waals surface area (Å²) in [6, 6.07) is 7.19. The molecule has 0 amide bonds. The van der Waals surface area contributed by atoms with Crippen LogP contribution in [0.1, 0.15) is 24.0 Å². The molecule has 2 aromatic carbocycles. The molecular weight excluding hydrogens is 366 g/mol. The Morgan fingerprint density at radius 3 is 2.36 bits per heavy atom. The van der Waals surface area contributed by atoms with Crippen molar-refractivity contribution in [1.82, 2.24) is 4.98 Å². The van der Waals surface area contributed by atoms with Crippen molar-refractivity contribution in [2.75, 3.05) is 0 Å². The number of aromatic nitrogens is 1. The van der Waals surface area contributed by atoms with E-state index in [-0.39, 0.29) is 28.6 Å². The van der Waals surface area contributed by atoms with Crippen LogP contribution in [-0.4, -0.2) is 19.9 Å². The monoisotopic (exact) mass is 381 g/mol. The standard InChI is InChI=1S/C18H15N5O5/c24-18-17(21-20-13-7-3-4-8-14(13)22(25)26)12-9-15(23(27)28)10-5-1-2-6-11(10)16(12)19-18/h3-4,7-9,19,24H,1-2,5-6H2. The second-order valence-electron chi connectivity index (χ2n) is 6.51. The summed E-state index contributed by atoms with van der Waals surface area (Å²) in [5.41, 5.74) is 1.87. The van der Waals surface area contributed by atoms with E-state index in [9.17, 15) is 25.3 Å². The van der Waals surface area contributed by atoms with Crippen LogP contribution < -0.4 is 0 Å². The van der Waals surface area contributed by atoms with Gasteiger partial charge in [-0.15, -0.1) is 10.2 Å². The number of nitrogens with zero attached hydrogens (tertiary/aromatic N) is 4. The molecule has 0 spiro atoms. The Morgan fingerprint density at radius 2 is 1.64 bits per heavy atom. The molecule has 10 heteroatoms. The van der Waals surface area contributed by atoms with E-state index in [1.807, 2.05) is 0 Å². The van der Waals surface area contributed by atoms with Gasteiger partial charge in [0.15, 0.2) is 11.4 Å². The molecule has 1 aromatic heterocycles. The van der Waals surface area contributed by atoms with Crippen molar-refractivity contribution in [2.24, 2.45) is 10.2 Å². The van der Waals surface area contributed by atoms with Gasteiger partial charge in [0.2, 0.25) is 5.88 Å². The summed E-state index contributed by atoms with van der Waals surface area (Å²) >= 11 is 0. The Kier molecular flexibility index (Phi) is 4.22. The van der Waals surface area contributed by atoms with Gasteiger partial charge in [0.05, 0.1) is 15.4 Å². The third-order valence-electron chi connectivity index (χ3n) is 4.88. The first kappa shape index (κ1) is 17.6. The molecule has 3 aromatic rings. The van der Waals surface area contributed by atoms with E-state index < -0.39 is 9.85 Å². The van der Waals surface area contributed by atoms with Gasteiger partial charge in [-0.1, -0.05) is 12.1 Å². The molecule has 142 valence electrons. The molecule has 4 rings (SSSR count). The SMILES string of the molecule is O=[N+]([O-])c1ccccc1N=Nc1c(O)[nH]c2c3c(c([N+](=O)[O-])cc12)CCCC3. The topological polar surface area (TPSA) is 147 Å². The van der Waals surface area contributed by atoms with Gasteiger partial charge in [-0.3, -0.25) is 20.2 Å². The number of aromatic amines is 1. The predicted molar refractivity (Wildman–Crippen MR) is 101 cm³/mol. The predicted octanol–water partition coefficient (Wildman–Crippen LogP) is 4.98. The summed E-state index contributed by atoms with van der Waals surface area (Å²) in [7, 11) is 0. The Balaban J connectivity index is 1.89. The minimum Gasteiger partial charge on any atom is -0.493 e. The maximum Gasteiger partial charge on any atom is 0.296 e. The molecule has 0 saturated heterocycles. The van der Waals surface area contributed by atoms with Crippen molar-refractivity contribution >= 4 is 33.7 Å². The average molecular weight is 381 g/mol. The quantitative estimate of drug-likeness (QED) is 0.371. The van der Waals surface area contributed by atoms with Crippen LogP contribution in [0.4, 0.5) is 22.7 Å². The smallest absolute Gasteiger partial charge is 0.296 e. The number of nitrogens with one attached hydrogen (secondary N) is 1. The molecular formula is C18H15N5O5. The lowest BCUT2D eigenvalue weighted by molar-refractivity contribution is -0.385. The molecule has 0 radical (unpaired) electrons. The fraction of sp³-hybridized carbons (Fsp3) is 0.222. The molecule has 1 aliphatic carbocycles. The van der Waals surface area contributed by atoms with Crippen LogP contribution in [0.3, 0.4) is 0 Å². The van der Waals surface area contributed by atoms with Crippen LogP contribution in [0, 0.1) is 20.2 Å². The van der Waals surface area contributed by atoms with E-state index in [0.29, 0.717) is 29.3 Å². The highest BCUT2D eigenvalue weighted by molar-refractivity contribution is 5.98. The highest BCUT2D eigenvalue weighted by Crippen LogP contribution is 2.44. The number of hydrogen-bond acceptors (Lipinski definition) is 7. The van der Waals surface area contributed by atoms with Gasteiger partial charge >= 0.3 is 0 Å². The van der Waals surface area contributed by atoms with Crippen molar-refractivity contribution < 1.29 is 15.0 Å². The third kappa shape index (κ3) is 2.84. The molecule has 0 aliphatic heterocycles. The van der Waals surface area contributed by atoms with Gasteiger partial charge in [-0.05, 0) is 37.3 Å². The molecule has 2 N–H and O–H groups in total. The van der Waals surface area contributed by atoms with Crippen LogP contribution in [0.25, 0.3) is 10.9 Å². The number of nitro benzene ring substituents is 2. The van der Waals surface area contributed by atoms with Crippen molar-refractivity contribution in [3.05, 3.63) is 61.7 Å². The molecule has 10 nitrogen and oxygen atoms in total. The number of para-hydroxylation sites is 1. The summed E-state index contributed by atoms with van der Waals surface area (Å²) in [5.74, 6) is -0.286. The Hall–Kier alpha value is -3.82. The van der Waals surface area contributed by atoms with E-state index in [2.05, 4.69) is 15.2 Å². The van der Waals surface area contributed by atoms with Gasteiger partial charge in [0, 0.05) is 23.1 Å². The van der Waals surface area contributed by atoms with E-state index in [4.69, 9.17) is 0 Å². The number of benzene rings is 2. The molecule has 1 heterocycles. The van der Waals surface area contributed by atoms with Gasteiger partial charge in [0.25, 0.3) is 11.4 Å². The number of H-pyrrole nitrogens is 1. The lowest BCUT2D eigenvalue weighted by Crippen LogP contribution is -2.07. The van der Waals surface area contributed by atoms with Crippen LogP contribution >= 0.6 is 0 Å². The van der Waals surface area contributed by atoms with E-state index in [1.165, 1.54) is 24.3 Å². The number of fused-ring (bicyclic) bond motifs is 3. The van der Waals surface area contributed by atoms with Crippen LogP contribution in [0.5, 0.6) is 5.88 Å². The Labute approximate surface area is 157 Å². The van der Waals surface area contributed by atoms with E-state index in [0.717, 1.165) is 18.4 Å². The Morgan fingerprint density at radius 1 is 0.964 bits per heavy atom.